The normalized spacial score (nSPS) is 10.9. The van der Waals surface area contributed by atoms with Crippen molar-refractivity contribution in [2.24, 2.45) is 4.99 Å². The van der Waals surface area contributed by atoms with Crippen LogP contribution in [0.5, 0.6) is 5.75 Å². The fourth-order valence-electron chi connectivity index (χ4n) is 2.77. The van der Waals surface area contributed by atoms with Gasteiger partial charge in [-0.3, -0.25) is 9.79 Å². The number of pyridine rings is 1. The van der Waals surface area contributed by atoms with Crippen LogP contribution in [0.25, 0.3) is 0 Å². The minimum absolute atomic E-state index is 0. The van der Waals surface area contributed by atoms with Crippen molar-refractivity contribution < 1.29 is 4.74 Å². The molecule has 28 heavy (non-hydrogen) atoms. The maximum absolute atomic E-state index is 11.7. The number of hydrogen-bond donors (Lipinski definition) is 1. The Hall–Kier alpha value is -2.03. The lowest BCUT2D eigenvalue weighted by Crippen LogP contribution is -2.38. The average Bonchev–Trinajstić information content (AvgIpc) is 2.68. The Morgan fingerprint density at radius 2 is 1.93 bits per heavy atom. The number of halogens is 1. The fourth-order valence-corrected chi connectivity index (χ4v) is 2.77. The SMILES string of the molecule is CCNC(=NCCCCn1ccccc1=O)N(C)Cc1ccc(OC)cc1.I. The molecule has 1 aromatic heterocycles. The Labute approximate surface area is 184 Å². The lowest BCUT2D eigenvalue weighted by Gasteiger charge is -2.22. The van der Waals surface area contributed by atoms with Crippen LogP contribution in [-0.4, -0.2) is 42.7 Å². The highest BCUT2D eigenvalue weighted by atomic mass is 127. The van der Waals surface area contributed by atoms with Gasteiger partial charge in [0.1, 0.15) is 5.75 Å². The summed E-state index contributed by atoms with van der Waals surface area (Å²) in [5, 5.41) is 3.34. The van der Waals surface area contributed by atoms with E-state index in [-0.39, 0.29) is 29.5 Å². The molecule has 0 bridgehead atoms. The van der Waals surface area contributed by atoms with E-state index in [1.165, 1.54) is 5.56 Å². The summed E-state index contributed by atoms with van der Waals surface area (Å²) in [6.07, 6.45) is 3.69. The van der Waals surface area contributed by atoms with Crippen LogP contribution in [0.4, 0.5) is 0 Å². The first-order valence-corrected chi connectivity index (χ1v) is 9.42. The Kier molecular flexibility index (Phi) is 11.3. The highest BCUT2D eigenvalue weighted by molar-refractivity contribution is 14.0. The third-order valence-electron chi connectivity index (χ3n) is 4.24. The zero-order valence-electron chi connectivity index (χ0n) is 16.9. The maximum atomic E-state index is 11.7. The molecule has 154 valence electrons. The molecule has 1 heterocycles. The highest BCUT2D eigenvalue weighted by Gasteiger charge is 2.06. The number of rotatable bonds is 9. The predicted octanol–water partition coefficient (Wildman–Crippen LogP) is 3.35. The highest BCUT2D eigenvalue weighted by Crippen LogP contribution is 2.12. The van der Waals surface area contributed by atoms with Crippen molar-refractivity contribution in [3.63, 3.8) is 0 Å². The smallest absolute Gasteiger partial charge is 0.250 e. The molecule has 0 spiro atoms. The number of unbranched alkanes of at least 4 members (excludes halogenated alkanes) is 1. The molecule has 6 nitrogen and oxygen atoms in total. The van der Waals surface area contributed by atoms with Gasteiger partial charge in [0.2, 0.25) is 5.56 Å². The number of hydrogen-bond acceptors (Lipinski definition) is 3. The lowest BCUT2D eigenvalue weighted by molar-refractivity contribution is 0.414. The van der Waals surface area contributed by atoms with Gasteiger partial charge >= 0.3 is 0 Å². The molecule has 0 atom stereocenters. The molecule has 2 rings (SSSR count). The number of aromatic nitrogens is 1. The molecule has 2 aromatic rings. The molecular formula is C21H31IN4O2. The van der Waals surface area contributed by atoms with Crippen molar-refractivity contribution in [2.75, 3.05) is 27.2 Å². The van der Waals surface area contributed by atoms with Crippen molar-refractivity contribution in [3.8, 4) is 5.75 Å². The van der Waals surface area contributed by atoms with Crippen LogP contribution in [0.3, 0.4) is 0 Å². The lowest BCUT2D eigenvalue weighted by atomic mass is 10.2. The number of methoxy groups -OCH3 is 1. The Balaban J connectivity index is 0.00000392. The summed E-state index contributed by atoms with van der Waals surface area (Å²) in [5.41, 5.74) is 1.25. The van der Waals surface area contributed by atoms with Gasteiger partial charge in [-0.1, -0.05) is 18.2 Å². The summed E-state index contributed by atoms with van der Waals surface area (Å²) in [6, 6.07) is 13.3. The van der Waals surface area contributed by atoms with Crippen molar-refractivity contribution in [1.29, 1.82) is 0 Å². The van der Waals surface area contributed by atoms with E-state index >= 15 is 0 Å². The van der Waals surface area contributed by atoms with Crippen molar-refractivity contribution >= 4 is 29.9 Å². The molecule has 0 unspecified atom stereocenters. The van der Waals surface area contributed by atoms with E-state index in [9.17, 15) is 4.79 Å². The summed E-state index contributed by atoms with van der Waals surface area (Å²) in [4.78, 5) is 18.5. The standard InChI is InChI=1S/C21H30N4O2.HI/c1-4-22-21(24(2)17-18-10-12-19(27-3)13-11-18)23-14-6-8-16-25-15-7-5-9-20(25)26;/h5,7,9-13,15H,4,6,8,14,16-17H2,1-3H3,(H,22,23);1H. The second-order valence-corrected chi connectivity index (χ2v) is 6.38. The van der Waals surface area contributed by atoms with E-state index in [4.69, 9.17) is 9.73 Å². The minimum Gasteiger partial charge on any atom is -0.497 e. The van der Waals surface area contributed by atoms with Gasteiger partial charge in [-0.05, 0) is 43.5 Å². The zero-order valence-corrected chi connectivity index (χ0v) is 19.3. The second-order valence-electron chi connectivity index (χ2n) is 6.38. The van der Waals surface area contributed by atoms with Crippen LogP contribution >= 0.6 is 24.0 Å². The largest absolute Gasteiger partial charge is 0.497 e. The van der Waals surface area contributed by atoms with Crippen LogP contribution < -0.4 is 15.6 Å². The third-order valence-corrected chi connectivity index (χ3v) is 4.24. The quantitative estimate of drug-likeness (QED) is 0.250. The van der Waals surface area contributed by atoms with Gasteiger partial charge in [0.15, 0.2) is 5.96 Å². The first kappa shape index (κ1) is 24.0. The van der Waals surface area contributed by atoms with E-state index in [0.29, 0.717) is 0 Å². The molecule has 0 aliphatic carbocycles. The first-order chi connectivity index (χ1) is 13.1. The molecular weight excluding hydrogens is 467 g/mol. The van der Waals surface area contributed by atoms with Crippen molar-refractivity contribution in [3.05, 3.63) is 64.6 Å². The number of aryl methyl sites for hydroxylation is 1. The van der Waals surface area contributed by atoms with Crippen LogP contribution in [0.1, 0.15) is 25.3 Å². The molecule has 0 aliphatic rings. The average molecular weight is 498 g/mol. The van der Waals surface area contributed by atoms with Gasteiger partial charge in [-0.15, -0.1) is 24.0 Å². The topological polar surface area (TPSA) is 58.9 Å². The van der Waals surface area contributed by atoms with Gasteiger partial charge < -0.3 is 19.5 Å². The number of guanidine groups is 1. The van der Waals surface area contributed by atoms with Gasteiger partial charge in [0.05, 0.1) is 7.11 Å². The summed E-state index contributed by atoms with van der Waals surface area (Å²) in [5.74, 6) is 1.75. The van der Waals surface area contributed by atoms with Gasteiger partial charge in [-0.25, -0.2) is 0 Å². The van der Waals surface area contributed by atoms with Gasteiger partial charge in [-0.2, -0.15) is 0 Å². The van der Waals surface area contributed by atoms with Crippen LogP contribution in [0.2, 0.25) is 0 Å². The molecule has 0 fully saturated rings. The molecule has 0 saturated carbocycles. The van der Waals surface area contributed by atoms with Crippen molar-refractivity contribution in [1.82, 2.24) is 14.8 Å². The zero-order chi connectivity index (χ0) is 19.5. The summed E-state index contributed by atoms with van der Waals surface area (Å²) in [7, 11) is 3.71. The van der Waals surface area contributed by atoms with Crippen molar-refractivity contribution in [2.45, 2.75) is 32.9 Å². The second kappa shape index (κ2) is 13.2. The molecule has 0 aliphatic heterocycles. The van der Waals surface area contributed by atoms with E-state index in [2.05, 4.69) is 29.3 Å². The number of benzene rings is 1. The first-order valence-electron chi connectivity index (χ1n) is 9.42. The number of nitrogens with zero attached hydrogens (tertiary/aromatic N) is 3. The van der Waals surface area contributed by atoms with Crippen LogP contribution in [0.15, 0.2) is 58.4 Å². The third kappa shape index (κ3) is 7.92. The molecule has 1 N–H and O–H groups in total. The number of nitrogens with one attached hydrogen (secondary N) is 1. The molecule has 0 saturated heterocycles. The van der Waals surface area contributed by atoms with Gasteiger partial charge in [0, 0.05) is 45.5 Å². The van der Waals surface area contributed by atoms with Crippen LogP contribution in [-0.2, 0) is 13.1 Å². The Morgan fingerprint density at radius 3 is 2.57 bits per heavy atom. The molecule has 7 heteroatoms. The summed E-state index contributed by atoms with van der Waals surface area (Å²) >= 11 is 0. The Bertz CT molecular complexity index is 774. The molecule has 0 amide bonds. The van der Waals surface area contributed by atoms with Gasteiger partial charge in [0.25, 0.3) is 0 Å². The fraction of sp³-hybridized carbons (Fsp3) is 0.429. The van der Waals surface area contributed by atoms with E-state index in [1.807, 2.05) is 31.4 Å². The number of ether oxygens (including phenoxy) is 1. The maximum Gasteiger partial charge on any atom is 0.250 e. The Morgan fingerprint density at radius 1 is 1.18 bits per heavy atom. The van der Waals surface area contributed by atoms with E-state index < -0.39 is 0 Å². The monoisotopic (exact) mass is 498 g/mol. The number of aliphatic imine (C=N–C) groups is 1. The summed E-state index contributed by atoms with van der Waals surface area (Å²) in [6.45, 7) is 5.13. The molecule has 1 aromatic carbocycles. The van der Waals surface area contributed by atoms with E-state index in [0.717, 1.165) is 50.7 Å². The van der Waals surface area contributed by atoms with E-state index in [1.54, 1.807) is 23.8 Å². The predicted molar refractivity (Wildman–Crippen MR) is 126 cm³/mol. The van der Waals surface area contributed by atoms with Crippen LogP contribution in [0, 0.1) is 0 Å². The molecule has 0 radical (unpaired) electrons. The summed E-state index contributed by atoms with van der Waals surface area (Å²) < 4.78 is 6.95. The minimum atomic E-state index is 0.